The van der Waals surface area contributed by atoms with Crippen LogP contribution in [0.15, 0.2) is 18.5 Å². The number of anilines is 1. The number of alkyl halides is 2. The Labute approximate surface area is 121 Å². The van der Waals surface area contributed by atoms with Gasteiger partial charge in [0.15, 0.2) is 0 Å². The molecule has 6 nitrogen and oxygen atoms in total. The fourth-order valence-electron chi connectivity index (χ4n) is 1.78. The van der Waals surface area contributed by atoms with Crippen LogP contribution in [-0.4, -0.2) is 32.8 Å². The lowest BCUT2D eigenvalue weighted by Crippen LogP contribution is -2.11. The standard InChI is InChI=1S/C13H18F2N6/c1-2-21-8-9(7-18-21)10-6-11(12(14)15)20-13(19-10)17-5-3-4-16/h6-8,12H,2-5,16H2,1H3,(H,17,19,20). The molecule has 0 aliphatic carbocycles. The molecule has 0 radical (unpaired) electrons. The molecule has 8 heteroatoms. The summed E-state index contributed by atoms with van der Waals surface area (Å²) < 4.78 is 27.6. The monoisotopic (exact) mass is 296 g/mol. The molecule has 0 unspecified atom stereocenters. The molecule has 2 heterocycles. The van der Waals surface area contributed by atoms with E-state index in [9.17, 15) is 8.78 Å². The topological polar surface area (TPSA) is 81.7 Å². The van der Waals surface area contributed by atoms with Gasteiger partial charge in [-0.2, -0.15) is 5.10 Å². The summed E-state index contributed by atoms with van der Waals surface area (Å²) in [5.41, 5.74) is 6.20. The molecular weight excluding hydrogens is 278 g/mol. The molecule has 0 fully saturated rings. The average Bonchev–Trinajstić information content (AvgIpc) is 2.96. The van der Waals surface area contributed by atoms with E-state index >= 15 is 0 Å². The lowest BCUT2D eigenvalue weighted by atomic mass is 10.2. The van der Waals surface area contributed by atoms with E-state index in [-0.39, 0.29) is 11.6 Å². The van der Waals surface area contributed by atoms with Crippen molar-refractivity contribution in [3.8, 4) is 11.3 Å². The van der Waals surface area contributed by atoms with E-state index in [0.29, 0.717) is 37.3 Å². The summed E-state index contributed by atoms with van der Waals surface area (Å²) in [5.74, 6) is 0.181. The van der Waals surface area contributed by atoms with Crippen molar-refractivity contribution < 1.29 is 8.78 Å². The van der Waals surface area contributed by atoms with Gasteiger partial charge in [0.1, 0.15) is 5.69 Å². The Morgan fingerprint density at radius 3 is 2.81 bits per heavy atom. The third-order valence-electron chi connectivity index (χ3n) is 2.89. The van der Waals surface area contributed by atoms with Crippen LogP contribution in [0.25, 0.3) is 11.3 Å². The first-order chi connectivity index (χ1) is 10.1. The van der Waals surface area contributed by atoms with Crippen molar-refractivity contribution >= 4 is 5.95 Å². The minimum absolute atomic E-state index is 0.181. The average molecular weight is 296 g/mol. The minimum Gasteiger partial charge on any atom is -0.354 e. The number of hydrogen-bond donors (Lipinski definition) is 2. The Morgan fingerprint density at radius 2 is 2.19 bits per heavy atom. The molecule has 2 rings (SSSR count). The van der Waals surface area contributed by atoms with Gasteiger partial charge in [0.05, 0.1) is 11.9 Å². The van der Waals surface area contributed by atoms with Crippen LogP contribution in [0.5, 0.6) is 0 Å². The highest BCUT2D eigenvalue weighted by atomic mass is 19.3. The Bertz CT molecular complexity index is 584. The van der Waals surface area contributed by atoms with Gasteiger partial charge in [-0.05, 0) is 26.0 Å². The van der Waals surface area contributed by atoms with Gasteiger partial charge in [-0.1, -0.05) is 0 Å². The maximum absolute atomic E-state index is 12.9. The summed E-state index contributed by atoms with van der Waals surface area (Å²) in [4.78, 5) is 8.07. The second-order valence-electron chi connectivity index (χ2n) is 4.46. The van der Waals surface area contributed by atoms with E-state index < -0.39 is 6.43 Å². The van der Waals surface area contributed by atoms with Crippen LogP contribution < -0.4 is 11.1 Å². The van der Waals surface area contributed by atoms with E-state index in [2.05, 4.69) is 20.4 Å². The Kier molecular flexibility index (Phi) is 5.15. The largest absolute Gasteiger partial charge is 0.354 e. The predicted octanol–water partition coefficient (Wildman–Crippen LogP) is 2.06. The van der Waals surface area contributed by atoms with Crippen molar-refractivity contribution in [2.75, 3.05) is 18.4 Å². The normalized spacial score (nSPS) is 11.1. The van der Waals surface area contributed by atoms with Crippen molar-refractivity contribution in [1.29, 1.82) is 0 Å². The number of nitrogens with two attached hydrogens (primary N) is 1. The summed E-state index contributed by atoms with van der Waals surface area (Å²) in [6.45, 7) is 3.70. The van der Waals surface area contributed by atoms with Crippen molar-refractivity contribution in [3.63, 3.8) is 0 Å². The summed E-state index contributed by atoms with van der Waals surface area (Å²) in [6, 6.07) is 1.29. The van der Waals surface area contributed by atoms with Crippen LogP contribution >= 0.6 is 0 Å². The molecule has 21 heavy (non-hydrogen) atoms. The van der Waals surface area contributed by atoms with Gasteiger partial charge in [-0.15, -0.1) is 0 Å². The van der Waals surface area contributed by atoms with E-state index in [1.54, 1.807) is 17.1 Å². The van der Waals surface area contributed by atoms with Crippen LogP contribution in [0.1, 0.15) is 25.5 Å². The molecule has 0 saturated carbocycles. The zero-order chi connectivity index (χ0) is 15.2. The van der Waals surface area contributed by atoms with Crippen molar-refractivity contribution in [1.82, 2.24) is 19.7 Å². The molecule has 0 saturated heterocycles. The Balaban J connectivity index is 2.30. The molecule has 0 bridgehead atoms. The number of nitrogens with zero attached hydrogens (tertiary/aromatic N) is 4. The van der Waals surface area contributed by atoms with Gasteiger partial charge in [0.2, 0.25) is 5.95 Å². The van der Waals surface area contributed by atoms with Gasteiger partial charge >= 0.3 is 0 Å². The fraction of sp³-hybridized carbons (Fsp3) is 0.462. The van der Waals surface area contributed by atoms with E-state index in [1.807, 2.05) is 6.92 Å². The zero-order valence-electron chi connectivity index (χ0n) is 11.8. The number of hydrogen-bond acceptors (Lipinski definition) is 5. The van der Waals surface area contributed by atoms with E-state index in [0.717, 1.165) is 0 Å². The molecule has 0 amide bonds. The quantitative estimate of drug-likeness (QED) is 0.764. The molecule has 0 aliphatic heterocycles. The van der Waals surface area contributed by atoms with Gasteiger partial charge in [-0.25, -0.2) is 18.7 Å². The number of aromatic nitrogens is 4. The highest BCUT2D eigenvalue weighted by Gasteiger charge is 2.14. The molecular formula is C13H18F2N6. The third kappa shape index (κ3) is 3.94. The summed E-state index contributed by atoms with van der Waals surface area (Å²) >= 11 is 0. The predicted molar refractivity (Wildman–Crippen MR) is 76.0 cm³/mol. The maximum Gasteiger partial charge on any atom is 0.280 e. The van der Waals surface area contributed by atoms with E-state index in [1.165, 1.54) is 6.07 Å². The highest BCUT2D eigenvalue weighted by Crippen LogP contribution is 2.24. The second kappa shape index (κ2) is 7.07. The lowest BCUT2D eigenvalue weighted by molar-refractivity contribution is 0.146. The third-order valence-corrected chi connectivity index (χ3v) is 2.89. The van der Waals surface area contributed by atoms with Crippen LogP contribution in [0.3, 0.4) is 0 Å². The molecule has 0 atom stereocenters. The van der Waals surface area contributed by atoms with Gasteiger partial charge in [0.25, 0.3) is 6.43 Å². The number of aryl methyl sites for hydroxylation is 1. The SMILES string of the molecule is CCn1cc(-c2cc(C(F)F)nc(NCCCN)n2)cn1. The molecule has 3 N–H and O–H groups in total. The first kappa shape index (κ1) is 15.3. The summed E-state index contributed by atoms with van der Waals surface area (Å²) in [7, 11) is 0. The molecule has 0 spiro atoms. The smallest absolute Gasteiger partial charge is 0.280 e. The van der Waals surface area contributed by atoms with E-state index in [4.69, 9.17) is 5.73 Å². The van der Waals surface area contributed by atoms with Crippen LogP contribution in [0, 0.1) is 0 Å². The molecule has 0 aromatic carbocycles. The number of halogens is 2. The van der Waals surface area contributed by atoms with Crippen LogP contribution in [0.2, 0.25) is 0 Å². The van der Waals surface area contributed by atoms with Gasteiger partial charge < -0.3 is 11.1 Å². The number of rotatable bonds is 7. The van der Waals surface area contributed by atoms with Gasteiger partial charge in [-0.3, -0.25) is 4.68 Å². The highest BCUT2D eigenvalue weighted by molar-refractivity contribution is 5.59. The second-order valence-corrected chi connectivity index (χ2v) is 4.46. The zero-order valence-corrected chi connectivity index (χ0v) is 11.8. The summed E-state index contributed by atoms with van der Waals surface area (Å²) in [5, 5.41) is 7.03. The van der Waals surface area contributed by atoms with Crippen LogP contribution in [-0.2, 0) is 6.54 Å². The van der Waals surface area contributed by atoms with Crippen molar-refractivity contribution in [3.05, 3.63) is 24.2 Å². The molecule has 114 valence electrons. The van der Waals surface area contributed by atoms with Crippen molar-refractivity contribution in [2.45, 2.75) is 26.3 Å². The summed E-state index contributed by atoms with van der Waals surface area (Å²) in [6.07, 6.45) is 1.43. The first-order valence-electron chi connectivity index (χ1n) is 6.78. The maximum atomic E-state index is 12.9. The minimum atomic E-state index is -2.65. The first-order valence-corrected chi connectivity index (χ1v) is 6.78. The van der Waals surface area contributed by atoms with Gasteiger partial charge in [0, 0.05) is 24.8 Å². The Morgan fingerprint density at radius 1 is 1.38 bits per heavy atom. The van der Waals surface area contributed by atoms with Crippen LogP contribution in [0.4, 0.5) is 14.7 Å². The number of nitrogens with one attached hydrogen (secondary N) is 1. The fourth-order valence-corrected chi connectivity index (χ4v) is 1.78. The molecule has 2 aromatic heterocycles. The Hall–Kier alpha value is -2.09. The van der Waals surface area contributed by atoms with Crippen molar-refractivity contribution in [2.24, 2.45) is 5.73 Å². The lowest BCUT2D eigenvalue weighted by Gasteiger charge is -2.08. The molecule has 0 aliphatic rings. The molecule has 2 aromatic rings.